The molecule has 0 amide bonds. The highest BCUT2D eigenvalue weighted by Crippen LogP contribution is 2.33. The molecular weight excluding hydrogens is 208 g/mol. The normalized spacial score (nSPS) is 19.7. The van der Waals surface area contributed by atoms with Gasteiger partial charge in [-0.25, -0.2) is 0 Å². The zero-order valence-electron chi connectivity index (χ0n) is 9.10. The van der Waals surface area contributed by atoms with E-state index in [1.807, 2.05) is 0 Å². The fraction of sp³-hybridized carbons (Fsp3) is 0.455. The van der Waals surface area contributed by atoms with Gasteiger partial charge in [0, 0.05) is 24.1 Å². The van der Waals surface area contributed by atoms with E-state index in [4.69, 9.17) is 4.74 Å². The quantitative estimate of drug-likeness (QED) is 0.624. The van der Waals surface area contributed by atoms with Crippen molar-refractivity contribution in [1.29, 1.82) is 0 Å². The highest BCUT2D eigenvalue weighted by molar-refractivity contribution is 5.47. The summed E-state index contributed by atoms with van der Waals surface area (Å²) < 4.78 is 5.11. The molecule has 0 aliphatic carbocycles. The molecule has 0 saturated carbocycles. The molecule has 5 nitrogen and oxygen atoms in total. The van der Waals surface area contributed by atoms with Gasteiger partial charge in [0.2, 0.25) is 0 Å². The summed E-state index contributed by atoms with van der Waals surface area (Å²) >= 11 is 0. The fourth-order valence-electron chi connectivity index (χ4n) is 2.07. The van der Waals surface area contributed by atoms with Gasteiger partial charge in [0.05, 0.1) is 12.0 Å². The van der Waals surface area contributed by atoms with Gasteiger partial charge in [-0.05, 0) is 25.1 Å². The third-order valence-corrected chi connectivity index (χ3v) is 2.93. The van der Waals surface area contributed by atoms with Crippen LogP contribution in [0.5, 0.6) is 5.75 Å². The van der Waals surface area contributed by atoms with Gasteiger partial charge in [-0.3, -0.25) is 10.1 Å². The molecule has 1 aliphatic heterocycles. The second-order valence-electron chi connectivity index (χ2n) is 3.87. The zero-order chi connectivity index (χ0) is 11.5. The molecule has 1 saturated heterocycles. The molecule has 0 radical (unpaired) electrons. The van der Waals surface area contributed by atoms with Crippen LogP contribution >= 0.6 is 0 Å². The number of rotatable bonds is 3. The van der Waals surface area contributed by atoms with Crippen molar-refractivity contribution in [3.8, 4) is 5.75 Å². The largest absolute Gasteiger partial charge is 0.497 e. The Bertz CT molecular complexity index is 400. The minimum Gasteiger partial charge on any atom is -0.497 e. The highest BCUT2D eigenvalue weighted by Gasteiger charge is 2.25. The van der Waals surface area contributed by atoms with Crippen molar-refractivity contribution >= 4 is 5.69 Å². The maximum Gasteiger partial charge on any atom is 0.273 e. The van der Waals surface area contributed by atoms with E-state index < -0.39 is 0 Å². The van der Waals surface area contributed by atoms with Crippen LogP contribution in [0.1, 0.15) is 17.9 Å². The van der Waals surface area contributed by atoms with Crippen LogP contribution in [0.3, 0.4) is 0 Å². The molecule has 1 unspecified atom stereocenters. The van der Waals surface area contributed by atoms with E-state index in [1.165, 1.54) is 6.07 Å². The molecule has 1 aliphatic rings. The standard InChI is InChI=1S/C11H14N2O3/c1-16-9-2-3-11(13(14)15)10(6-9)8-4-5-12-7-8/h2-3,6,8,12H,4-5,7H2,1H3. The Hall–Kier alpha value is -1.62. The van der Waals surface area contributed by atoms with Crippen LogP contribution in [0.4, 0.5) is 5.69 Å². The number of nitro groups is 1. The van der Waals surface area contributed by atoms with Gasteiger partial charge in [-0.15, -0.1) is 0 Å². The van der Waals surface area contributed by atoms with Crippen molar-refractivity contribution in [3.05, 3.63) is 33.9 Å². The SMILES string of the molecule is COc1ccc([N+](=O)[O-])c(C2CCNC2)c1. The van der Waals surface area contributed by atoms with Crippen molar-refractivity contribution < 1.29 is 9.66 Å². The summed E-state index contributed by atoms with van der Waals surface area (Å²) in [5, 5.41) is 14.1. The van der Waals surface area contributed by atoms with Crippen LogP contribution in [0.2, 0.25) is 0 Å². The Balaban J connectivity index is 2.40. The zero-order valence-corrected chi connectivity index (χ0v) is 9.10. The summed E-state index contributed by atoms with van der Waals surface area (Å²) in [5.41, 5.74) is 0.962. The van der Waals surface area contributed by atoms with Crippen LogP contribution in [0.15, 0.2) is 18.2 Å². The molecule has 1 aromatic rings. The van der Waals surface area contributed by atoms with Gasteiger partial charge < -0.3 is 10.1 Å². The van der Waals surface area contributed by atoms with E-state index >= 15 is 0 Å². The van der Waals surface area contributed by atoms with Crippen LogP contribution in [0.25, 0.3) is 0 Å². The Morgan fingerprint density at radius 3 is 2.94 bits per heavy atom. The summed E-state index contributed by atoms with van der Waals surface area (Å²) in [5.74, 6) is 0.892. The lowest BCUT2D eigenvalue weighted by atomic mass is 9.96. The molecule has 0 aromatic heterocycles. The molecule has 1 atom stereocenters. The lowest BCUT2D eigenvalue weighted by molar-refractivity contribution is -0.385. The molecule has 5 heteroatoms. The molecule has 2 rings (SSSR count). The second kappa shape index (κ2) is 4.49. The Morgan fingerprint density at radius 1 is 1.56 bits per heavy atom. The predicted molar refractivity (Wildman–Crippen MR) is 59.9 cm³/mol. The summed E-state index contributed by atoms with van der Waals surface area (Å²) in [6, 6.07) is 4.92. The van der Waals surface area contributed by atoms with Gasteiger partial charge in [0.25, 0.3) is 5.69 Å². The molecule has 0 spiro atoms. The smallest absolute Gasteiger partial charge is 0.273 e. The first-order chi connectivity index (χ1) is 7.72. The van der Waals surface area contributed by atoms with E-state index in [2.05, 4.69) is 5.32 Å². The molecule has 16 heavy (non-hydrogen) atoms. The third-order valence-electron chi connectivity index (χ3n) is 2.93. The van der Waals surface area contributed by atoms with Crippen molar-refractivity contribution in [3.63, 3.8) is 0 Å². The van der Waals surface area contributed by atoms with Gasteiger partial charge >= 0.3 is 0 Å². The van der Waals surface area contributed by atoms with Gasteiger partial charge in [-0.1, -0.05) is 0 Å². The Labute approximate surface area is 93.6 Å². The van der Waals surface area contributed by atoms with Gasteiger partial charge in [0.1, 0.15) is 5.75 Å². The molecular formula is C11H14N2O3. The monoisotopic (exact) mass is 222 g/mol. The number of methoxy groups -OCH3 is 1. The number of nitrogens with zero attached hydrogens (tertiary/aromatic N) is 1. The van der Waals surface area contributed by atoms with Crippen LogP contribution < -0.4 is 10.1 Å². The molecule has 1 fully saturated rings. The van der Waals surface area contributed by atoms with Gasteiger partial charge in [0.15, 0.2) is 0 Å². The van der Waals surface area contributed by atoms with Gasteiger partial charge in [-0.2, -0.15) is 0 Å². The Kier molecular flexibility index (Phi) is 3.05. The number of hydrogen-bond acceptors (Lipinski definition) is 4. The molecule has 1 aromatic carbocycles. The number of ether oxygens (including phenoxy) is 1. The van der Waals surface area contributed by atoms with E-state index in [0.29, 0.717) is 5.75 Å². The third kappa shape index (κ3) is 1.99. The van der Waals surface area contributed by atoms with Crippen molar-refractivity contribution in [1.82, 2.24) is 5.32 Å². The van der Waals surface area contributed by atoms with Crippen molar-refractivity contribution in [2.45, 2.75) is 12.3 Å². The van der Waals surface area contributed by atoms with Crippen molar-refractivity contribution in [2.75, 3.05) is 20.2 Å². The number of nitrogens with one attached hydrogen (secondary N) is 1. The number of benzene rings is 1. The first kappa shape index (κ1) is 10.9. The average molecular weight is 222 g/mol. The molecule has 1 heterocycles. The summed E-state index contributed by atoms with van der Waals surface area (Å²) in [6.07, 6.45) is 0.938. The van der Waals surface area contributed by atoms with Crippen LogP contribution in [-0.2, 0) is 0 Å². The minimum absolute atomic E-state index is 0.189. The second-order valence-corrected chi connectivity index (χ2v) is 3.87. The molecule has 1 N–H and O–H groups in total. The first-order valence-electron chi connectivity index (χ1n) is 5.25. The summed E-state index contributed by atoms with van der Waals surface area (Å²) in [7, 11) is 1.57. The van der Waals surface area contributed by atoms with Crippen LogP contribution in [0, 0.1) is 10.1 Å². The number of nitro benzene ring substituents is 1. The highest BCUT2D eigenvalue weighted by atomic mass is 16.6. The van der Waals surface area contributed by atoms with E-state index in [9.17, 15) is 10.1 Å². The Morgan fingerprint density at radius 2 is 2.38 bits per heavy atom. The van der Waals surface area contributed by atoms with E-state index in [-0.39, 0.29) is 16.5 Å². The van der Waals surface area contributed by atoms with E-state index in [0.717, 1.165) is 25.1 Å². The fourth-order valence-corrected chi connectivity index (χ4v) is 2.07. The van der Waals surface area contributed by atoms with E-state index in [1.54, 1.807) is 19.2 Å². The molecule has 0 bridgehead atoms. The van der Waals surface area contributed by atoms with Crippen LogP contribution in [-0.4, -0.2) is 25.1 Å². The summed E-state index contributed by atoms with van der Waals surface area (Å²) in [4.78, 5) is 10.6. The first-order valence-corrected chi connectivity index (χ1v) is 5.25. The average Bonchev–Trinajstić information content (AvgIpc) is 2.81. The molecule has 86 valence electrons. The summed E-state index contributed by atoms with van der Waals surface area (Å²) in [6.45, 7) is 1.72. The lowest BCUT2D eigenvalue weighted by Gasteiger charge is -2.10. The topological polar surface area (TPSA) is 64.4 Å². The maximum atomic E-state index is 10.9. The maximum absolute atomic E-state index is 10.9. The number of hydrogen-bond donors (Lipinski definition) is 1. The predicted octanol–water partition coefficient (Wildman–Crippen LogP) is 1.68. The minimum atomic E-state index is -0.326. The lowest BCUT2D eigenvalue weighted by Crippen LogP contribution is -2.09. The van der Waals surface area contributed by atoms with Crippen molar-refractivity contribution in [2.24, 2.45) is 0 Å².